The quantitative estimate of drug-likeness (QED) is 0.130. The molecule has 1 nitrogen and oxygen atoms in total. The lowest BCUT2D eigenvalue weighted by molar-refractivity contribution is 0.165. The van der Waals surface area contributed by atoms with Crippen molar-refractivity contribution in [2.24, 2.45) is 5.41 Å². The van der Waals surface area contributed by atoms with Crippen LogP contribution in [0.3, 0.4) is 0 Å². The second-order valence-corrected chi connectivity index (χ2v) is 14.3. The Morgan fingerprint density at radius 1 is 0.595 bits per heavy atom. The van der Waals surface area contributed by atoms with Gasteiger partial charge >= 0.3 is 0 Å². The summed E-state index contributed by atoms with van der Waals surface area (Å²) >= 11 is 0. The molecular formula is C35H42OP+. The number of hydrogen-bond donors (Lipinski definition) is 0. The van der Waals surface area contributed by atoms with Crippen LogP contribution in [0.15, 0.2) is 115 Å². The second kappa shape index (κ2) is 13.1. The van der Waals surface area contributed by atoms with Crippen molar-refractivity contribution in [1.82, 2.24) is 0 Å². The molecule has 0 unspecified atom stereocenters. The lowest BCUT2D eigenvalue weighted by atomic mass is 9.88. The minimum absolute atomic E-state index is 0.158. The van der Waals surface area contributed by atoms with E-state index in [1.165, 1.54) is 53.6 Å². The van der Waals surface area contributed by atoms with E-state index < -0.39 is 7.26 Å². The van der Waals surface area contributed by atoms with Crippen molar-refractivity contribution in [1.29, 1.82) is 0 Å². The van der Waals surface area contributed by atoms with Gasteiger partial charge in [-0.15, -0.1) is 0 Å². The van der Waals surface area contributed by atoms with E-state index in [0.29, 0.717) is 0 Å². The highest BCUT2D eigenvalue weighted by Gasteiger charge is 2.46. The first-order valence-corrected chi connectivity index (χ1v) is 15.8. The molecule has 0 amide bonds. The van der Waals surface area contributed by atoms with Gasteiger partial charge in [0.2, 0.25) is 0 Å². The van der Waals surface area contributed by atoms with Gasteiger partial charge in [0.15, 0.2) is 0 Å². The van der Waals surface area contributed by atoms with Gasteiger partial charge in [-0.2, -0.15) is 0 Å². The molecule has 0 aliphatic carbocycles. The molecule has 2 heteroatoms. The van der Waals surface area contributed by atoms with Crippen LogP contribution in [-0.4, -0.2) is 6.61 Å². The molecule has 192 valence electrons. The van der Waals surface area contributed by atoms with Crippen LogP contribution in [0, 0.1) is 5.41 Å². The molecule has 0 bridgehead atoms. The maximum absolute atomic E-state index is 6.63. The summed E-state index contributed by atoms with van der Waals surface area (Å²) in [6.45, 7) is 7.70. The number of benzene rings is 4. The Morgan fingerprint density at radius 2 is 1.08 bits per heavy atom. The Balaban J connectivity index is 1.71. The summed E-state index contributed by atoms with van der Waals surface area (Å²) in [7, 11) is -1.97. The van der Waals surface area contributed by atoms with E-state index in [-0.39, 0.29) is 5.41 Å². The smallest absolute Gasteiger partial charge is 0.126 e. The summed E-state index contributed by atoms with van der Waals surface area (Å²) in [5.74, 6) is 1.02. The van der Waals surface area contributed by atoms with Crippen molar-refractivity contribution >= 4 is 23.2 Å². The summed E-state index contributed by atoms with van der Waals surface area (Å²) in [6, 6.07) is 42.0. The van der Waals surface area contributed by atoms with Crippen LogP contribution in [0.25, 0.3) is 0 Å². The standard InChI is InChI=1S/C35H42OP/c1-4-5-6-18-27-35(2,3)29-36-34-26-17-16-19-30(34)28-37(31-20-10-7-11-21-31,32-22-12-8-13-23-32)33-24-14-9-15-25-33/h7-17,19-26H,4-6,18,27-29H2,1-3H3/q+1. The van der Waals surface area contributed by atoms with Crippen LogP contribution in [0.4, 0.5) is 0 Å². The van der Waals surface area contributed by atoms with Gasteiger partial charge in [-0.1, -0.05) is 119 Å². The number of para-hydroxylation sites is 1. The first kappa shape index (κ1) is 27.2. The lowest BCUT2D eigenvalue weighted by Crippen LogP contribution is -2.32. The molecule has 0 fully saturated rings. The average Bonchev–Trinajstić information content (AvgIpc) is 2.95. The largest absolute Gasteiger partial charge is 0.493 e. The van der Waals surface area contributed by atoms with Gasteiger partial charge in [-0.25, -0.2) is 0 Å². The molecule has 0 N–H and O–H groups in total. The van der Waals surface area contributed by atoms with Crippen molar-refractivity contribution in [2.75, 3.05) is 6.61 Å². The zero-order chi connectivity index (χ0) is 26.0. The molecule has 0 aliphatic rings. The normalized spacial score (nSPS) is 11.9. The minimum atomic E-state index is -1.97. The van der Waals surface area contributed by atoms with E-state index in [1.54, 1.807) is 0 Å². The Morgan fingerprint density at radius 3 is 1.59 bits per heavy atom. The fourth-order valence-corrected chi connectivity index (χ4v) is 9.43. The zero-order valence-corrected chi connectivity index (χ0v) is 23.7. The fourth-order valence-electron chi connectivity index (χ4n) is 5.17. The average molecular weight is 510 g/mol. The predicted molar refractivity (Wildman–Crippen MR) is 163 cm³/mol. The van der Waals surface area contributed by atoms with Crippen molar-refractivity contribution in [2.45, 2.75) is 59.0 Å². The van der Waals surface area contributed by atoms with Crippen molar-refractivity contribution in [3.8, 4) is 5.75 Å². The van der Waals surface area contributed by atoms with Gasteiger partial charge in [0, 0.05) is 5.56 Å². The predicted octanol–water partition coefficient (Wildman–Crippen LogP) is 8.56. The highest BCUT2D eigenvalue weighted by Crippen LogP contribution is 2.59. The van der Waals surface area contributed by atoms with Gasteiger partial charge in [-0.3, -0.25) is 0 Å². The summed E-state index contributed by atoms with van der Waals surface area (Å²) in [6.07, 6.45) is 7.32. The molecule has 0 aromatic heterocycles. The summed E-state index contributed by atoms with van der Waals surface area (Å²) in [4.78, 5) is 0. The van der Waals surface area contributed by atoms with E-state index in [0.717, 1.165) is 18.5 Å². The first-order valence-electron chi connectivity index (χ1n) is 13.8. The molecule has 0 saturated carbocycles. The molecule has 4 rings (SSSR count). The molecule has 4 aromatic rings. The molecule has 0 aliphatic heterocycles. The molecule has 37 heavy (non-hydrogen) atoms. The highest BCUT2D eigenvalue weighted by molar-refractivity contribution is 7.95. The van der Waals surface area contributed by atoms with Crippen LogP contribution in [0.5, 0.6) is 5.75 Å². The van der Waals surface area contributed by atoms with Crippen LogP contribution in [-0.2, 0) is 6.16 Å². The van der Waals surface area contributed by atoms with Gasteiger partial charge in [0.1, 0.15) is 35.1 Å². The van der Waals surface area contributed by atoms with E-state index >= 15 is 0 Å². The van der Waals surface area contributed by atoms with E-state index in [9.17, 15) is 0 Å². The molecule has 0 heterocycles. The lowest BCUT2D eigenvalue weighted by Gasteiger charge is -2.29. The molecule has 0 radical (unpaired) electrons. The van der Waals surface area contributed by atoms with E-state index in [1.807, 2.05) is 0 Å². The third-order valence-electron chi connectivity index (χ3n) is 7.30. The maximum atomic E-state index is 6.63. The van der Waals surface area contributed by atoms with Crippen LogP contribution in [0.1, 0.15) is 58.4 Å². The molecule has 0 saturated heterocycles. The highest BCUT2D eigenvalue weighted by atomic mass is 31.2. The van der Waals surface area contributed by atoms with Gasteiger partial charge < -0.3 is 4.74 Å². The van der Waals surface area contributed by atoms with Crippen molar-refractivity contribution in [3.63, 3.8) is 0 Å². The van der Waals surface area contributed by atoms with Gasteiger partial charge in [0.25, 0.3) is 0 Å². The summed E-state index contributed by atoms with van der Waals surface area (Å²) in [5.41, 5.74) is 1.44. The third-order valence-corrected chi connectivity index (χ3v) is 11.7. The Bertz CT molecular complexity index is 1110. The van der Waals surface area contributed by atoms with E-state index in [4.69, 9.17) is 4.74 Å². The number of hydrogen-bond acceptors (Lipinski definition) is 1. The van der Waals surface area contributed by atoms with Crippen molar-refractivity contribution < 1.29 is 4.74 Å². The molecule has 0 spiro atoms. The monoisotopic (exact) mass is 509 g/mol. The zero-order valence-electron chi connectivity index (χ0n) is 22.8. The fraction of sp³-hybridized carbons (Fsp3) is 0.314. The third kappa shape index (κ3) is 6.91. The number of rotatable bonds is 13. The van der Waals surface area contributed by atoms with Crippen LogP contribution < -0.4 is 20.7 Å². The maximum Gasteiger partial charge on any atom is 0.126 e. The van der Waals surface area contributed by atoms with Gasteiger partial charge in [-0.05, 0) is 54.3 Å². The Hall–Kier alpha value is -2.89. The summed E-state index contributed by atoms with van der Waals surface area (Å²) in [5, 5.41) is 4.20. The number of unbranched alkanes of at least 4 members (excludes halogenated alkanes) is 3. The SMILES string of the molecule is CCCCCCC(C)(C)COc1ccccc1C[P+](c1ccccc1)(c1ccccc1)c1ccccc1. The van der Waals surface area contributed by atoms with Crippen molar-refractivity contribution in [3.05, 3.63) is 121 Å². The van der Waals surface area contributed by atoms with E-state index in [2.05, 4.69) is 136 Å². The molecule has 4 aromatic carbocycles. The van der Waals surface area contributed by atoms with Crippen LogP contribution in [0.2, 0.25) is 0 Å². The first-order chi connectivity index (χ1) is 18.0. The summed E-state index contributed by atoms with van der Waals surface area (Å²) < 4.78 is 6.63. The second-order valence-electron chi connectivity index (χ2n) is 10.8. The van der Waals surface area contributed by atoms with Gasteiger partial charge in [0.05, 0.1) is 6.61 Å². The molecular weight excluding hydrogens is 467 g/mol. The Kier molecular flexibility index (Phi) is 9.59. The molecule has 0 atom stereocenters. The minimum Gasteiger partial charge on any atom is -0.493 e. The topological polar surface area (TPSA) is 9.23 Å². The number of ether oxygens (including phenoxy) is 1. The van der Waals surface area contributed by atoms with Crippen LogP contribution >= 0.6 is 7.26 Å². The Labute approximate surface area is 225 Å².